The third kappa shape index (κ3) is 5.26. The molecule has 1 amide bonds. The van der Waals surface area contributed by atoms with Gasteiger partial charge in [0.15, 0.2) is 0 Å². The highest BCUT2D eigenvalue weighted by Gasteiger charge is 2.10. The van der Waals surface area contributed by atoms with Gasteiger partial charge in [0.1, 0.15) is 0 Å². The zero-order chi connectivity index (χ0) is 16.4. The van der Waals surface area contributed by atoms with Crippen LogP contribution >= 0.6 is 11.9 Å². The molecule has 0 aliphatic carbocycles. The number of hydrogen-bond acceptors (Lipinski definition) is 4. The molecule has 0 fully saturated rings. The average Bonchev–Trinajstić information content (AvgIpc) is 2.62. The van der Waals surface area contributed by atoms with Gasteiger partial charge in [0.2, 0.25) is 5.12 Å². The van der Waals surface area contributed by atoms with E-state index in [0.717, 1.165) is 17.6 Å². The van der Waals surface area contributed by atoms with Crippen LogP contribution in [0, 0.1) is 0 Å². The standard InChI is InChI=1S/C15H14N2O2S.C2H6/c1-16-13-9-7-12(8-10-13)15(19)20-17-14(18)11-5-3-2-4-6-11;1-2/h2-10,16H,1H3,(H,17,18);1-2H3. The number of amides is 1. The highest BCUT2D eigenvalue weighted by molar-refractivity contribution is 8.12. The monoisotopic (exact) mass is 316 g/mol. The Kier molecular flexibility index (Phi) is 7.78. The lowest BCUT2D eigenvalue weighted by molar-refractivity contribution is 0.0978. The van der Waals surface area contributed by atoms with Crippen LogP contribution in [0.15, 0.2) is 54.6 Å². The summed E-state index contributed by atoms with van der Waals surface area (Å²) in [6.07, 6.45) is 0. The maximum atomic E-state index is 11.9. The third-order valence-corrected chi connectivity index (χ3v) is 3.39. The van der Waals surface area contributed by atoms with Crippen LogP contribution < -0.4 is 10.0 Å². The Morgan fingerprint density at radius 2 is 1.45 bits per heavy atom. The molecule has 0 bridgehead atoms. The molecule has 0 aliphatic rings. The summed E-state index contributed by atoms with van der Waals surface area (Å²) < 4.78 is 2.54. The highest BCUT2D eigenvalue weighted by atomic mass is 32.2. The number of anilines is 1. The number of carbonyl (C=O) groups excluding carboxylic acids is 2. The lowest BCUT2D eigenvalue weighted by Crippen LogP contribution is -2.18. The molecule has 0 radical (unpaired) electrons. The Balaban J connectivity index is 0.00000116. The van der Waals surface area contributed by atoms with Crippen molar-refractivity contribution in [2.75, 3.05) is 12.4 Å². The van der Waals surface area contributed by atoms with Crippen molar-refractivity contribution in [1.29, 1.82) is 0 Å². The summed E-state index contributed by atoms with van der Waals surface area (Å²) in [5, 5.41) is 2.78. The molecule has 2 aromatic carbocycles. The fourth-order valence-electron chi connectivity index (χ4n) is 1.57. The van der Waals surface area contributed by atoms with Crippen LogP contribution in [0.25, 0.3) is 0 Å². The van der Waals surface area contributed by atoms with Crippen molar-refractivity contribution in [3.63, 3.8) is 0 Å². The van der Waals surface area contributed by atoms with E-state index in [1.165, 1.54) is 0 Å². The van der Waals surface area contributed by atoms with Crippen LogP contribution in [0.1, 0.15) is 34.6 Å². The summed E-state index contributed by atoms with van der Waals surface area (Å²) in [5.41, 5.74) is 2.00. The van der Waals surface area contributed by atoms with E-state index in [0.29, 0.717) is 11.1 Å². The van der Waals surface area contributed by atoms with Gasteiger partial charge in [-0.25, -0.2) is 0 Å². The number of nitrogens with one attached hydrogen (secondary N) is 2. The highest BCUT2D eigenvalue weighted by Crippen LogP contribution is 2.14. The normalized spacial score (nSPS) is 9.23. The second-order valence-corrected chi connectivity index (χ2v) is 4.79. The molecule has 116 valence electrons. The molecule has 0 heterocycles. The van der Waals surface area contributed by atoms with E-state index in [9.17, 15) is 9.59 Å². The first-order valence-corrected chi connectivity index (χ1v) is 7.87. The van der Waals surface area contributed by atoms with Crippen molar-refractivity contribution < 1.29 is 9.59 Å². The SMILES string of the molecule is CC.CNc1ccc(C(=O)SNC(=O)c2ccccc2)cc1. The Labute approximate surface area is 135 Å². The van der Waals surface area contributed by atoms with Crippen LogP contribution in [0.5, 0.6) is 0 Å². The molecule has 0 aliphatic heterocycles. The molecule has 0 spiro atoms. The van der Waals surface area contributed by atoms with Gasteiger partial charge in [0.25, 0.3) is 5.91 Å². The maximum Gasteiger partial charge on any atom is 0.261 e. The number of benzene rings is 2. The molecule has 2 N–H and O–H groups in total. The number of hydrogen-bond donors (Lipinski definition) is 2. The molecule has 22 heavy (non-hydrogen) atoms. The van der Waals surface area contributed by atoms with Gasteiger partial charge in [-0.2, -0.15) is 0 Å². The van der Waals surface area contributed by atoms with Gasteiger partial charge in [-0.3, -0.25) is 14.3 Å². The fourth-order valence-corrected chi connectivity index (χ4v) is 2.13. The predicted octanol–water partition coefficient (Wildman–Crippen LogP) is 3.97. The van der Waals surface area contributed by atoms with E-state index in [-0.39, 0.29) is 11.0 Å². The summed E-state index contributed by atoms with van der Waals surface area (Å²) in [5.74, 6) is -0.282. The first kappa shape index (κ1) is 17.8. The molecule has 0 atom stereocenters. The van der Waals surface area contributed by atoms with Crippen molar-refractivity contribution in [3.8, 4) is 0 Å². The minimum Gasteiger partial charge on any atom is -0.388 e. The van der Waals surface area contributed by atoms with Crippen molar-refractivity contribution in [1.82, 2.24) is 4.72 Å². The first-order valence-electron chi connectivity index (χ1n) is 7.05. The Bertz CT molecular complexity index is 598. The molecule has 2 rings (SSSR count). The summed E-state index contributed by atoms with van der Waals surface area (Å²) >= 11 is 0.787. The summed E-state index contributed by atoms with van der Waals surface area (Å²) in [4.78, 5) is 23.7. The van der Waals surface area contributed by atoms with Gasteiger partial charge in [0.05, 0.1) is 0 Å². The second-order valence-electron chi connectivity index (χ2n) is 4.01. The Morgan fingerprint density at radius 1 is 0.864 bits per heavy atom. The molecular formula is C17H20N2O2S. The molecule has 0 aromatic heterocycles. The number of rotatable bonds is 3. The second kappa shape index (κ2) is 9.63. The maximum absolute atomic E-state index is 11.9. The molecule has 0 saturated carbocycles. The van der Waals surface area contributed by atoms with Crippen LogP contribution in [0.3, 0.4) is 0 Å². The minimum atomic E-state index is -0.282. The van der Waals surface area contributed by atoms with E-state index >= 15 is 0 Å². The fraction of sp³-hybridized carbons (Fsp3) is 0.176. The smallest absolute Gasteiger partial charge is 0.261 e. The van der Waals surface area contributed by atoms with Crippen molar-refractivity contribution in [2.45, 2.75) is 13.8 Å². The van der Waals surface area contributed by atoms with Gasteiger partial charge in [-0.05, 0) is 36.4 Å². The lowest BCUT2D eigenvalue weighted by atomic mass is 10.2. The Morgan fingerprint density at radius 3 is 2.00 bits per heavy atom. The zero-order valence-electron chi connectivity index (χ0n) is 12.9. The summed E-state index contributed by atoms with van der Waals surface area (Å²) in [7, 11) is 1.81. The van der Waals surface area contributed by atoms with Crippen LogP contribution in [-0.4, -0.2) is 18.1 Å². The van der Waals surface area contributed by atoms with Crippen molar-refractivity contribution in [3.05, 3.63) is 65.7 Å². The third-order valence-electron chi connectivity index (χ3n) is 2.68. The molecule has 0 unspecified atom stereocenters. The van der Waals surface area contributed by atoms with Crippen LogP contribution in [0.4, 0.5) is 5.69 Å². The van der Waals surface area contributed by atoms with Gasteiger partial charge in [-0.15, -0.1) is 0 Å². The van der Waals surface area contributed by atoms with E-state index in [1.807, 2.05) is 39.1 Å². The topological polar surface area (TPSA) is 58.2 Å². The lowest BCUT2D eigenvalue weighted by Gasteiger charge is -2.04. The van der Waals surface area contributed by atoms with Crippen LogP contribution in [-0.2, 0) is 0 Å². The molecule has 5 heteroatoms. The van der Waals surface area contributed by atoms with Gasteiger partial charge < -0.3 is 5.32 Å². The van der Waals surface area contributed by atoms with Crippen LogP contribution in [0.2, 0.25) is 0 Å². The minimum absolute atomic E-state index is 0.197. The molecule has 4 nitrogen and oxygen atoms in total. The Hall–Kier alpha value is -2.27. The predicted molar refractivity (Wildman–Crippen MR) is 93.2 cm³/mol. The number of carbonyl (C=O) groups is 2. The molecular weight excluding hydrogens is 296 g/mol. The largest absolute Gasteiger partial charge is 0.388 e. The summed E-state index contributed by atoms with van der Waals surface area (Å²) in [6.45, 7) is 4.00. The van der Waals surface area contributed by atoms with Gasteiger partial charge in [-0.1, -0.05) is 32.0 Å². The van der Waals surface area contributed by atoms with Gasteiger partial charge >= 0.3 is 0 Å². The van der Waals surface area contributed by atoms with E-state index in [1.54, 1.807) is 36.4 Å². The summed E-state index contributed by atoms with van der Waals surface area (Å²) in [6, 6.07) is 15.8. The quantitative estimate of drug-likeness (QED) is 0.841. The van der Waals surface area contributed by atoms with E-state index in [2.05, 4.69) is 10.0 Å². The van der Waals surface area contributed by atoms with E-state index < -0.39 is 0 Å². The van der Waals surface area contributed by atoms with Crippen molar-refractivity contribution in [2.24, 2.45) is 0 Å². The molecule has 0 saturated heterocycles. The average molecular weight is 316 g/mol. The molecule has 2 aromatic rings. The van der Waals surface area contributed by atoms with Gasteiger partial charge in [0, 0.05) is 35.8 Å². The van der Waals surface area contributed by atoms with E-state index in [4.69, 9.17) is 0 Å². The van der Waals surface area contributed by atoms with Crippen molar-refractivity contribution >= 4 is 28.7 Å². The first-order chi connectivity index (χ1) is 10.7. The zero-order valence-corrected chi connectivity index (χ0v) is 13.7.